The largest absolute Gasteiger partial charge is 0.573 e. The molecule has 0 unspecified atom stereocenters. The van der Waals surface area contributed by atoms with E-state index in [4.69, 9.17) is 19.9 Å². The van der Waals surface area contributed by atoms with Crippen LogP contribution in [0.25, 0.3) is 0 Å². The number of primary amides is 1. The van der Waals surface area contributed by atoms with Gasteiger partial charge in [0, 0.05) is 11.8 Å². The third kappa shape index (κ3) is 6.07. The number of nitrogens with two attached hydrogens (primary N) is 1. The molecule has 3 aromatic rings. The molecular formula is C22H17F4N3O6. The van der Waals surface area contributed by atoms with Crippen LogP contribution >= 0.6 is 0 Å². The predicted octanol–water partition coefficient (Wildman–Crippen LogP) is 4.28. The number of anilines is 1. The van der Waals surface area contributed by atoms with Gasteiger partial charge in [-0.25, -0.2) is 4.39 Å². The fraction of sp³-hybridized carbons (Fsp3) is 0.136. The van der Waals surface area contributed by atoms with E-state index in [1.807, 2.05) is 0 Å². The first kappa shape index (κ1) is 25.1. The van der Waals surface area contributed by atoms with Crippen molar-refractivity contribution in [2.45, 2.75) is 6.36 Å². The Bertz CT molecular complexity index is 1270. The van der Waals surface area contributed by atoms with Gasteiger partial charge in [-0.2, -0.15) is 0 Å². The van der Waals surface area contributed by atoms with Crippen LogP contribution in [-0.2, 0) is 0 Å². The maximum Gasteiger partial charge on any atom is 0.573 e. The Balaban J connectivity index is 1.95. The van der Waals surface area contributed by atoms with E-state index in [-0.39, 0.29) is 34.2 Å². The van der Waals surface area contributed by atoms with E-state index in [2.05, 4.69) is 15.0 Å². The van der Waals surface area contributed by atoms with Crippen molar-refractivity contribution in [3.63, 3.8) is 0 Å². The first-order valence-corrected chi connectivity index (χ1v) is 9.56. The fourth-order valence-corrected chi connectivity index (χ4v) is 2.91. The smallest absolute Gasteiger partial charge is 0.494 e. The normalized spacial score (nSPS) is 10.9. The zero-order chi connectivity index (χ0) is 25.8. The van der Waals surface area contributed by atoms with E-state index in [0.29, 0.717) is 0 Å². The molecular weight excluding hydrogens is 478 g/mol. The number of amides is 2. The highest BCUT2D eigenvalue weighted by Gasteiger charge is 2.31. The second-order valence-electron chi connectivity index (χ2n) is 6.69. The van der Waals surface area contributed by atoms with Crippen molar-refractivity contribution in [1.82, 2.24) is 4.98 Å². The topological polar surface area (TPSA) is 122 Å². The highest BCUT2D eigenvalue weighted by atomic mass is 19.4. The third-order valence-electron chi connectivity index (χ3n) is 4.40. The molecule has 0 saturated carbocycles. The maximum absolute atomic E-state index is 13.8. The minimum atomic E-state index is -4.91. The van der Waals surface area contributed by atoms with Crippen molar-refractivity contribution in [3.8, 4) is 28.7 Å². The summed E-state index contributed by atoms with van der Waals surface area (Å²) in [5.41, 5.74) is 4.57. The maximum atomic E-state index is 13.8. The Morgan fingerprint density at radius 2 is 1.63 bits per heavy atom. The van der Waals surface area contributed by atoms with Crippen LogP contribution in [0.2, 0.25) is 0 Å². The lowest BCUT2D eigenvalue weighted by molar-refractivity contribution is -0.274. The number of halogens is 4. The highest BCUT2D eigenvalue weighted by Crippen LogP contribution is 2.39. The lowest BCUT2D eigenvalue weighted by Crippen LogP contribution is -2.17. The molecule has 0 radical (unpaired) electrons. The molecule has 0 fully saturated rings. The third-order valence-corrected chi connectivity index (χ3v) is 4.40. The van der Waals surface area contributed by atoms with Gasteiger partial charge < -0.3 is 30.0 Å². The number of rotatable bonds is 8. The van der Waals surface area contributed by atoms with Gasteiger partial charge in [0.05, 0.1) is 32.2 Å². The van der Waals surface area contributed by atoms with Crippen LogP contribution in [0.15, 0.2) is 48.8 Å². The quantitative estimate of drug-likeness (QED) is 0.448. The van der Waals surface area contributed by atoms with E-state index in [9.17, 15) is 27.2 Å². The number of pyridine rings is 1. The molecule has 13 heteroatoms. The van der Waals surface area contributed by atoms with E-state index in [1.165, 1.54) is 26.5 Å². The second kappa shape index (κ2) is 10.2. The first-order chi connectivity index (χ1) is 16.5. The summed E-state index contributed by atoms with van der Waals surface area (Å²) < 4.78 is 71.1. The second-order valence-corrected chi connectivity index (χ2v) is 6.69. The van der Waals surface area contributed by atoms with Crippen molar-refractivity contribution >= 4 is 17.5 Å². The van der Waals surface area contributed by atoms with Gasteiger partial charge in [0.25, 0.3) is 11.8 Å². The van der Waals surface area contributed by atoms with Crippen LogP contribution in [0, 0.1) is 5.82 Å². The van der Waals surface area contributed by atoms with Gasteiger partial charge in [-0.05, 0) is 30.3 Å². The average molecular weight is 495 g/mol. The van der Waals surface area contributed by atoms with Gasteiger partial charge in [-0.3, -0.25) is 14.6 Å². The number of hydrogen-bond donors (Lipinski definition) is 2. The number of methoxy groups -OCH3 is 2. The molecule has 2 amide bonds. The predicted molar refractivity (Wildman–Crippen MR) is 113 cm³/mol. The monoisotopic (exact) mass is 495 g/mol. The molecule has 0 atom stereocenters. The summed E-state index contributed by atoms with van der Waals surface area (Å²) in [6, 6.07) is 6.28. The Morgan fingerprint density at radius 1 is 0.943 bits per heavy atom. The van der Waals surface area contributed by atoms with Gasteiger partial charge in [-0.1, -0.05) is 0 Å². The molecule has 0 saturated heterocycles. The van der Waals surface area contributed by atoms with Crippen LogP contribution in [0.5, 0.6) is 28.7 Å². The number of ether oxygens (including phenoxy) is 4. The molecule has 1 aromatic heterocycles. The number of hydrogen-bond acceptors (Lipinski definition) is 7. The van der Waals surface area contributed by atoms with Crippen molar-refractivity contribution < 1.29 is 46.1 Å². The lowest BCUT2D eigenvalue weighted by Gasteiger charge is -2.16. The van der Waals surface area contributed by atoms with E-state index >= 15 is 0 Å². The number of alkyl halides is 3. The SMILES string of the molecule is COc1cc(OC(F)(F)F)ccc1Oc1cncc(OC)c1C(=O)Nc1ccc(F)c(C(N)=O)c1. The number of aromatic nitrogens is 1. The number of benzene rings is 2. The molecule has 0 aliphatic carbocycles. The minimum Gasteiger partial charge on any atom is -0.494 e. The molecule has 0 aliphatic heterocycles. The Kier molecular flexibility index (Phi) is 7.28. The molecule has 0 spiro atoms. The molecule has 3 N–H and O–H groups in total. The molecule has 0 bridgehead atoms. The number of nitrogens with zero attached hydrogens (tertiary/aromatic N) is 1. The summed E-state index contributed by atoms with van der Waals surface area (Å²) in [6.07, 6.45) is -2.53. The van der Waals surface area contributed by atoms with Crippen LogP contribution in [-0.4, -0.2) is 37.4 Å². The number of carbonyl (C=O) groups excluding carboxylic acids is 2. The number of carbonyl (C=O) groups is 2. The summed E-state index contributed by atoms with van der Waals surface area (Å²) in [4.78, 5) is 28.4. The van der Waals surface area contributed by atoms with E-state index < -0.39 is 35.3 Å². The van der Waals surface area contributed by atoms with Gasteiger partial charge in [0.15, 0.2) is 23.0 Å². The molecule has 184 valence electrons. The van der Waals surface area contributed by atoms with Gasteiger partial charge in [-0.15, -0.1) is 13.2 Å². The first-order valence-electron chi connectivity index (χ1n) is 9.56. The van der Waals surface area contributed by atoms with Crippen molar-refractivity contribution in [2.75, 3.05) is 19.5 Å². The zero-order valence-corrected chi connectivity index (χ0v) is 18.1. The van der Waals surface area contributed by atoms with Crippen LogP contribution in [0.4, 0.5) is 23.2 Å². The van der Waals surface area contributed by atoms with Crippen molar-refractivity contribution in [2.24, 2.45) is 5.73 Å². The molecule has 1 heterocycles. The molecule has 0 aliphatic rings. The van der Waals surface area contributed by atoms with Crippen molar-refractivity contribution in [3.05, 3.63) is 65.7 Å². The minimum absolute atomic E-state index is 0.0202. The number of nitrogens with one attached hydrogen (secondary N) is 1. The Labute approximate surface area is 195 Å². The summed E-state index contributed by atoms with van der Waals surface area (Å²) in [5.74, 6) is -3.62. The van der Waals surface area contributed by atoms with E-state index in [0.717, 1.165) is 36.5 Å². The standard InChI is InChI=1S/C22H17F4N3O6/c1-32-16-8-12(35-22(24,25)26)4-6-15(16)34-18-10-28-9-17(33-2)19(18)21(31)29-11-3-5-14(23)13(7-11)20(27)30/h3-10H,1-2H3,(H2,27,30)(H,29,31). The van der Waals surface area contributed by atoms with E-state index in [1.54, 1.807) is 0 Å². The highest BCUT2D eigenvalue weighted by molar-refractivity contribution is 6.08. The summed E-state index contributed by atoms with van der Waals surface area (Å²) in [5, 5.41) is 2.47. The van der Waals surface area contributed by atoms with Gasteiger partial charge >= 0.3 is 6.36 Å². The molecule has 35 heavy (non-hydrogen) atoms. The fourth-order valence-electron chi connectivity index (χ4n) is 2.91. The molecule has 3 rings (SSSR count). The van der Waals surface area contributed by atoms with Crippen LogP contribution < -0.4 is 30.0 Å². The lowest BCUT2D eigenvalue weighted by atomic mass is 10.1. The van der Waals surface area contributed by atoms with Crippen LogP contribution in [0.3, 0.4) is 0 Å². The zero-order valence-electron chi connectivity index (χ0n) is 18.1. The average Bonchev–Trinajstić information content (AvgIpc) is 2.79. The molecule has 9 nitrogen and oxygen atoms in total. The van der Waals surface area contributed by atoms with Gasteiger partial charge in [0.1, 0.15) is 17.1 Å². The Hall–Kier alpha value is -4.55. The van der Waals surface area contributed by atoms with Gasteiger partial charge in [0.2, 0.25) is 0 Å². The van der Waals surface area contributed by atoms with Crippen molar-refractivity contribution in [1.29, 1.82) is 0 Å². The summed E-state index contributed by atoms with van der Waals surface area (Å²) in [7, 11) is 2.46. The Morgan fingerprint density at radius 3 is 2.26 bits per heavy atom. The van der Waals surface area contributed by atoms with Crippen LogP contribution in [0.1, 0.15) is 20.7 Å². The summed E-state index contributed by atoms with van der Waals surface area (Å²) >= 11 is 0. The summed E-state index contributed by atoms with van der Waals surface area (Å²) in [6.45, 7) is 0. The molecule has 2 aromatic carbocycles.